The minimum absolute atomic E-state index is 0.0255. The van der Waals surface area contributed by atoms with Gasteiger partial charge in [-0.2, -0.15) is 5.10 Å². The van der Waals surface area contributed by atoms with Crippen molar-refractivity contribution in [2.24, 2.45) is 17.2 Å². The van der Waals surface area contributed by atoms with Crippen LogP contribution in [0.4, 0.5) is 5.69 Å². The van der Waals surface area contributed by atoms with E-state index in [1.165, 1.54) is 40.3 Å². The van der Waals surface area contributed by atoms with Crippen LogP contribution in [0.1, 0.15) is 10.4 Å². The number of sulfonamides is 1. The molecule has 1 heterocycles. The average Bonchev–Trinajstić information content (AvgIpc) is 2.95. The normalized spacial score (nSPS) is 12.3. The Morgan fingerprint density at radius 1 is 1.30 bits per heavy atom. The topological polar surface area (TPSA) is 128 Å². The number of halogens is 1. The van der Waals surface area contributed by atoms with Crippen molar-refractivity contribution < 1.29 is 18.3 Å². The molecule has 11 heteroatoms. The molecule has 8 nitrogen and oxygen atoms in total. The molecule has 0 spiro atoms. The lowest BCUT2D eigenvalue weighted by Crippen LogP contribution is -2.12. The molecule has 0 amide bonds. The zero-order valence-corrected chi connectivity index (χ0v) is 16.2. The SMILES string of the molecule is Cn1nc(-c2ccc(Cl)c(S(N)(=O)=O)c2)s/c1=N/c1cccc(C(=O)O)c1. The standard InChI is InChI=1S/C16H13ClN4O4S2/c1-21-16(19-11-4-2-3-10(7-11)15(22)23)26-14(20-21)9-5-6-12(17)13(8-9)27(18,24)25/h2-8H,1H3,(H,22,23)(H2,18,24,25)/b19-16+. The van der Waals surface area contributed by atoms with Gasteiger partial charge in [-0.15, -0.1) is 0 Å². The maximum absolute atomic E-state index is 11.6. The van der Waals surface area contributed by atoms with Gasteiger partial charge in [-0.3, -0.25) is 0 Å². The number of hydrogen-bond donors (Lipinski definition) is 2. The van der Waals surface area contributed by atoms with Gasteiger partial charge in [0.15, 0.2) is 0 Å². The smallest absolute Gasteiger partial charge is 0.335 e. The number of benzene rings is 2. The number of carbonyl (C=O) groups is 1. The molecule has 0 radical (unpaired) electrons. The van der Waals surface area contributed by atoms with Gasteiger partial charge in [0.05, 0.1) is 16.3 Å². The quantitative estimate of drug-likeness (QED) is 0.664. The van der Waals surface area contributed by atoms with Gasteiger partial charge in [0.25, 0.3) is 0 Å². The molecule has 0 saturated carbocycles. The van der Waals surface area contributed by atoms with E-state index in [2.05, 4.69) is 10.1 Å². The Morgan fingerprint density at radius 2 is 2.04 bits per heavy atom. The summed E-state index contributed by atoms with van der Waals surface area (Å²) in [5, 5.41) is 19.1. The van der Waals surface area contributed by atoms with E-state index in [0.29, 0.717) is 21.1 Å². The van der Waals surface area contributed by atoms with Gasteiger partial charge in [-0.25, -0.2) is 28.0 Å². The van der Waals surface area contributed by atoms with Crippen molar-refractivity contribution in [1.29, 1.82) is 0 Å². The fourth-order valence-corrected chi connectivity index (χ4v) is 4.21. The van der Waals surface area contributed by atoms with Crippen LogP contribution >= 0.6 is 22.9 Å². The Kier molecular flexibility index (Phi) is 5.16. The number of rotatable bonds is 4. The summed E-state index contributed by atoms with van der Waals surface area (Å²) in [6.45, 7) is 0. The van der Waals surface area contributed by atoms with Crippen LogP contribution in [0.5, 0.6) is 0 Å². The van der Waals surface area contributed by atoms with Crippen LogP contribution < -0.4 is 9.94 Å². The molecular formula is C16H13ClN4O4S2. The van der Waals surface area contributed by atoms with Gasteiger partial charge in [-0.1, -0.05) is 35.1 Å². The van der Waals surface area contributed by atoms with Crippen molar-refractivity contribution in [2.75, 3.05) is 0 Å². The molecule has 140 valence electrons. The van der Waals surface area contributed by atoms with Gasteiger partial charge >= 0.3 is 5.97 Å². The summed E-state index contributed by atoms with van der Waals surface area (Å²) in [4.78, 5) is 15.8. The Bertz CT molecular complexity index is 1220. The second kappa shape index (κ2) is 7.24. The number of aryl methyl sites for hydroxylation is 1. The third-order valence-corrected chi connectivity index (χ3v) is 5.95. The first kappa shape index (κ1) is 19.2. The molecular weight excluding hydrogens is 412 g/mol. The first-order chi connectivity index (χ1) is 12.6. The second-order valence-electron chi connectivity index (χ2n) is 5.47. The van der Waals surface area contributed by atoms with Gasteiger partial charge in [0, 0.05) is 12.6 Å². The molecule has 0 atom stereocenters. The molecule has 3 aromatic rings. The van der Waals surface area contributed by atoms with Crippen LogP contribution in [0.25, 0.3) is 10.6 Å². The van der Waals surface area contributed by atoms with Crippen LogP contribution in [0, 0.1) is 0 Å². The Hall–Kier alpha value is -2.53. The summed E-state index contributed by atoms with van der Waals surface area (Å²) in [5.74, 6) is -1.04. The number of primary sulfonamides is 1. The third kappa shape index (κ3) is 4.25. The molecule has 2 aromatic carbocycles. The van der Waals surface area contributed by atoms with E-state index in [9.17, 15) is 13.2 Å². The number of hydrogen-bond acceptors (Lipinski definition) is 6. The van der Waals surface area contributed by atoms with E-state index in [-0.39, 0.29) is 15.5 Å². The maximum atomic E-state index is 11.6. The first-order valence-corrected chi connectivity index (χ1v) is 10.1. The highest BCUT2D eigenvalue weighted by Crippen LogP contribution is 2.27. The zero-order valence-electron chi connectivity index (χ0n) is 13.8. The number of carboxylic acids is 1. The number of aromatic nitrogens is 2. The highest BCUT2D eigenvalue weighted by atomic mass is 35.5. The van der Waals surface area contributed by atoms with Crippen molar-refractivity contribution >= 4 is 44.6 Å². The summed E-state index contributed by atoms with van der Waals surface area (Å²) >= 11 is 7.11. The molecule has 27 heavy (non-hydrogen) atoms. The lowest BCUT2D eigenvalue weighted by molar-refractivity contribution is 0.0697. The summed E-state index contributed by atoms with van der Waals surface area (Å²) in [5.41, 5.74) is 1.10. The van der Waals surface area contributed by atoms with Gasteiger partial charge < -0.3 is 5.11 Å². The summed E-state index contributed by atoms with van der Waals surface area (Å²) in [6, 6.07) is 10.6. The molecule has 0 saturated heterocycles. The van der Waals surface area contributed by atoms with Crippen molar-refractivity contribution in [3.8, 4) is 10.6 Å². The second-order valence-corrected chi connectivity index (χ2v) is 8.36. The molecule has 0 aliphatic carbocycles. The lowest BCUT2D eigenvalue weighted by Gasteiger charge is -2.03. The van der Waals surface area contributed by atoms with Gasteiger partial charge in [-0.05, 0) is 30.3 Å². The van der Waals surface area contributed by atoms with Crippen LogP contribution in [-0.2, 0) is 17.1 Å². The highest BCUT2D eigenvalue weighted by molar-refractivity contribution is 7.89. The molecule has 0 fully saturated rings. The van der Waals surface area contributed by atoms with Gasteiger partial charge in [0.1, 0.15) is 9.90 Å². The zero-order chi connectivity index (χ0) is 19.8. The van der Waals surface area contributed by atoms with Crippen LogP contribution in [0.15, 0.2) is 52.4 Å². The molecule has 0 aliphatic heterocycles. The van der Waals surface area contributed by atoms with Crippen LogP contribution in [-0.4, -0.2) is 29.3 Å². The van der Waals surface area contributed by atoms with E-state index >= 15 is 0 Å². The molecule has 0 aliphatic rings. The molecule has 1 aromatic heterocycles. The van der Waals surface area contributed by atoms with E-state index in [0.717, 1.165) is 0 Å². The molecule has 0 bridgehead atoms. The number of carboxylic acid groups (broad SMARTS) is 1. The maximum Gasteiger partial charge on any atom is 0.335 e. The number of aromatic carboxylic acids is 1. The Morgan fingerprint density at radius 3 is 2.70 bits per heavy atom. The van der Waals surface area contributed by atoms with Crippen molar-refractivity contribution in [3.05, 3.63) is 57.9 Å². The van der Waals surface area contributed by atoms with E-state index in [4.69, 9.17) is 21.8 Å². The Balaban J connectivity index is 2.08. The van der Waals surface area contributed by atoms with Crippen LogP contribution in [0.3, 0.4) is 0 Å². The molecule has 3 N–H and O–H groups in total. The van der Waals surface area contributed by atoms with Crippen molar-refractivity contribution in [3.63, 3.8) is 0 Å². The van der Waals surface area contributed by atoms with Crippen molar-refractivity contribution in [2.45, 2.75) is 4.90 Å². The van der Waals surface area contributed by atoms with Gasteiger partial charge in [0.2, 0.25) is 14.8 Å². The monoisotopic (exact) mass is 424 g/mol. The van der Waals surface area contributed by atoms with E-state index < -0.39 is 16.0 Å². The number of nitrogens with two attached hydrogens (primary N) is 1. The lowest BCUT2D eigenvalue weighted by atomic mass is 10.2. The first-order valence-electron chi connectivity index (χ1n) is 7.40. The fraction of sp³-hybridized carbons (Fsp3) is 0.0625. The van der Waals surface area contributed by atoms with E-state index in [1.54, 1.807) is 25.2 Å². The predicted molar refractivity (Wildman–Crippen MR) is 102 cm³/mol. The summed E-state index contributed by atoms with van der Waals surface area (Å²) in [7, 11) is -2.29. The summed E-state index contributed by atoms with van der Waals surface area (Å²) < 4.78 is 24.8. The predicted octanol–water partition coefficient (Wildman–Crippen LogP) is 2.38. The minimum Gasteiger partial charge on any atom is -0.478 e. The van der Waals surface area contributed by atoms with Crippen molar-refractivity contribution in [1.82, 2.24) is 9.78 Å². The Labute approximate surface area is 163 Å². The largest absolute Gasteiger partial charge is 0.478 e. The fourth-order valence-electron chi connectivity index (χ4n) is 2.24. The summed E-state index contributed by atoms with van der Waals surface area (Å²) in [6.07, 6.45) is 0. The molecule has 0 unspecified atom stereocenters. The average molecular weight is 425 g/mol. The third-order valence-electron chi connectivity index (χ3n) is 3.51. The highest BCUT2D eigenvalue weighted by Gasteiger charge is 2.16. The minimum atomic E-state index is -3.97. The van der Waals surface area contributed by atoms with E-state index in [1.807, 2.05) is 0 Å². The van der Waals surface area contributed by atoms with Crippen LogP contribution in [0.2, 0.25) is 5.02 Å². The number of nitrogens with zero attached hydrogens (tertiary/aromatic N) is 3. The molecule has 3 rings (SSSR count).